The van der Waals surface area contributed by atoms with Crippen molar-refractivity contribution < 1.29 is 4.39 Å². The highest BCUT2D eigenvalue weighted by Gasteiger charge is 2.18. The van der Waals surface area contributed by atoms with E-state index in [1.165, 1.54) is 30.9 Å². The van der Waals surface area contributed by atoms with Crippen LogP contribution in [0.1, 0.15) is 24.8 Å². The Hall–Kier alpha value is -4.43. The maximum absolute atomic E-state index is 14.6. The first-order chi connectivity index (χ1) is 18.7. The lowest BCUT2D eigenvalue weighted by molar-refractivity contribution is 0.220. The Balaban J connectivity index is 1.26. The summed E-state index contributed by atoms with van der Waals surface area (Å²) in [6.45, 7) is 3.23. The van der Waals surface area contributed by atoms with E-state index in [2.05, 4.69) is 48.2 Å². The van der Waals surface area contributed by atoms with Crippen LogP contribution in [0.2, 0.25) is 0 Å². The first-order valence-electron chi connectivity index (χ1n) is 13.0. The number of fused-ring (bicyclic) bond motifs is 2. The molecule has 0 unspecified atom stereocenters. The zero-order valence-electron chi connectivity index (χ0n) is 20.8. The molecule has 0 amide bonds. The van der Waals surface area contributed by atoms with Crippen LogP contribution in [0, 0.1) is 5.82 Å². The van der Waals surface area contributed by atoms with Gasteiger partial charge in [0.15, 0.2) is 11.5 Å². The third-order valence-corrected chi connectivity index (χ3v) is 7.32. The molecule has 0 radical (unpaired) electrons. The van der Waals surface area contributed by atoms with Crippen LogP contribution in [0.3, 0.4) is 0 Å². The van der Waals surface area contributed by atoms with Crippen LogP contribution in [-0.4, -0.2) is 48.1 Å². The molecule has 7 rings (SSSR count). The number of piperidine rings is 1. The van der Waals surface area contributed by atoms with Crippen LogP contribution in [-0.2, 0) is 6.54 Å². The van der Waals surface area contributed by atoms with Gasteiger partial charge < -0.3 is 4.98 Å². The second kappa shape index (κ2) is 9.46. The molecule has 1 aliphatic rings. The highest BCUT2D eigenvalue weighted by atomic mass is 19.1. The number of benzene rings is 2. The molecule has 0 spiro atoms. The molecule has 38 heavy (non-hydrogen) atoms. The van der Waals surface area contributed by atoms with E-state index < -0.39 is 0 Å². The van der Waals surface area contributed by atoms with Gasteiger partial charge in [0.1, 0.15) is 17.0 Å². The number of nitrogens with zero attached hydrogens (tertiary/aromatic N) is 5. The second-order valence-corrected chi connectivity index (χ2v) is 9.87. The minimum absolute atomic E-state index is 0.296. The zero-order chi connectivity index (χ0) is 25.5. The molecule has 0 atom stereocenters. The van der Waals surface area contributed by atoms with Crippen LogP contribution in [0.25, 0.3) is 55.8 Å². The fourth-order valence-corrected chi connectivity index (χ4v) is 5.40. The third-order valence-electron chi connectivity index (χ3n) is 7.32. The largest absolute Gasteiger partial charge is 0.321 e. The highest BCUT2D eigenvalue weighted by Crippen LogP contribution is 2.33. The summed E-state index contributed by atoms with van der Waals surface area (Å²) in [4.78, 5) is 19.6. The number of H-pyrrole nitrogens is 2. The number of imidazole rings is 1. The average Bonchev–Trinajstić information content (AvgIpc) is 3.58. The molecule has 1 fully saturated rings. The molecule has 8 heteroatoms. The fraction of sp³-hybridized carbons (Fsp3) is 0.200. The molecule has 0 saturated carbocycles. The van der Waals surface area contributed by atoms with Gasteiger partial charge in [-0.1, -0.05) is 30.7 Å². The maximum atomic E-state index is 14.6. The van der Waals surface area contributed by atoms with Crippen molar-refractivity contribution in [1.29, 1.82) is 0 Å². The first kappa shape index (κ1) is 22.7. The van der Waals surface area contributed by atoms with Gasteiger partial charge in [-0.05, 0) is 67.4 Å². The minimum atomic E-state index is -0.296. The zero-order valence-corrected chi connectivity index (χ0v) is 20.8. The van der Waals surface area contributed by atoms with E-state index in [1.807, 2.05) is 24.5 Å². The number of nitrogens with one attached hydrogen (secondary N) is 2. The molecule has 4 aromatic heterocycles. The Morgan fingerprint density at radius 3 is 2.68 bits per heavy atom. The summed E-state index contributed by atoms with van der Waals surface area (Å²) < 4.78 is 14.6. The number of halogens is 1. The lowest BCUT2D eigenvalue weighted by Gasteiger charge is -2.26. The van der Waals surface area contributed by atoms with Gasteiger partial charge in [0.05, 0.1) is 5.52 Å². The minimum Gasteiger partial charge on any atom is -0.321 e. The van der Waals surface area contributed by atoms with Crippen molar-refractivity contribution in [2.24, 2.45) is 0 Å². The summed E-state index contributed by atoms with van der Waals surface area (Å²) >= 11 is 0. The van der Waals surface area contributed by atoms with Gasteiger partial charge in [-0.15, -0.1) is 0 Å². The predicted molar refractivity (Wildman–Crippen MR) is 147 cm³/mol. The van der Waals surface area contributed by atoms with Crippen LogP contribution in [0.15, 0.2) is 73.2 Å². The summed E-state index contributed by atoms with van der Waals surface area (Å²) in [5.74, 6) is 0.284. The van der Waals surface area contributed by atoms with E-state index in [4.69, 9.17) is 4.98 Å². The summed E-state index contributed by atoms with van der Waals surface area (Å²) in [6, 6.07) is 17.0. The van der Waals surface area contributed by atoms with Gasteiger partial charge in [-0.25, -0.2) is 14.4 Å². The van der Waals surface area contributed by atoms with Crippen molar-refractivity contribution in [3.63, 3.8) is 0 Å². The van der Waals surface area contributed by atoms with Crippen molar-refractivity contribution in [3.8, 4) is 33.8 Å². The molecule has 6 aromatic rings. The summed E-state index contributed by atoms with van der Waals surface area (Å²) in [6.07, 6.45) is 9.41. The Bertz CT molecular complexity index is 1760. The highest BCUT2D eigenvalue weighted by molar-refractivity contribution is 5.97. The smallest absolute Gasteiger partial charge is 0.160 e. The van der Waals surface area contributed by atoms with Crippen molar-refractivity contribution >= 4 is 22.1 Å². The Morgan fingerprint density at radius 1 is 0.895 bits per heavy atom. The van der Waals surface area contributed by atoms with Gasteiger partial charge in [0.25, 0.3) is 0 Å². The molecular formula is C30H26FN7. The molecule has 0 bridgehead atoms. The normalized spacial score (nSPS) is 14.4. The molecule has 188 valence electrons. The number of likely N-dealkylation sites (tertiary alicyclic amines) is 1. The van der Waals surface area contributed by atoms with Crippen molar-refractivity contribution in [1.82, 2.24) is 35.0 Å². The van der Waals surface area contributed by atoms with E-state index in [0.717, 1.165) is 41.7 Å². The van der Waals surface area contributed by atoms with Crippen LogP contribution < -0.4 is 0 Å². The number of aromatic amines is 2. The summed E-state index contributed by atoms with van der Waals surface area (Å²) in [5, 5.41) is 8.63. The molecule has 5 heterocycles. The van der Waals surface area contributed by atoms with Gasteiger partial charge in [0, 0.05) is 47.2 Å². The van der Waals surface area contributed by atoms with Crippen LogP contribution in [0.4, 0.5) is 4.39 Å². The number of rotatable bonds is 5. The van der Waals surface area contributed by atoms with Gasteiger partial charge >= 0.3 is 0 Å². The lowest BCUT2D eigenvalue weighted by atomic mass is 10.0. The van der Waals surface area contributed by atoms with Gasteiger partial charge in [-0.3, -0.25) is 15.0 Å². The first-order valence-corrected chi connectivity index (χ1v) is 13.0. The number of hydrogen-bond acceptors (Lipinski definition) is 5. The fourth-order valence-electron chi connectivity index (χ4n) is 5.40. The number of aromatic nitrogens is 6. The van der Waals surface area contributed by atoms with E-state index in [9.17, 15) is 4.39 Å². The Labute approximate surface area is 218 Å². The Morgan fingerprint density at radius 2 is 1.79 bits per heavy atom. The van der Waals surface area contributed by atoms with Crippen molar-refractivity contribution in [2.75, 3.05) is 13.1 Å². The van der Waals surface area contributed by atoms with Gasteiger partial charge in [0.2, 0.25) is 0 Å². The van der Waals surface area contributed by atoms with Crippen molar-refractivity contribution in [2.45, 2.75) is 25.8 Å². The molecule has 2 N–H and O–H groups in total. The molecule has 7 nitrogen and oxygen atoms in total. The van der Waals surface area contributed by atoms with E-state index in [-0.39, 0.29) is 5.82 Å². The number of pyridine rings is 2. The van der Waals surface area contributed by atoms with E-state index >= 15 is 0 Å². The predicted octanol–water partition coefficient (Wildman–Crippen LogP) is 6.36. The average molecular weight is 504 g/mol. The third kappa shape index (κ3) is 4.13. The van der Waals surface area contributed by atoms with E-state index in [1.54, 1.807) is 24.4 Å². The topological polar surface area (TPSA) is 86.4 Å². The summed E-state index contributed by atoms with van der Waals surface area (Å²) in [7, 11) is 0. The standard InChI is InChI=1S/C30H26FN7/c31-25-7-3-2-6-22(25)23-10-11-33-29-27(23)34-30(35-29)28-24-15-20(8-9-26(24)36-37-28)21-14-19(16-32-17-21)18-38-12-4-1-5-13-38/h2-3,6-11,14-17H,1,4-5,12-13,18H2,(H,36,37)(H,33,34,35). The molecule has 1 saturated heterocycles. The van der Waals surface area contributed by atoms with Crippen molar-refractivity contribution in [3.05, 3.63) is 84.6 Å². The van der Waals surface area contributed by atoms with Gasteiger partial charge in [-0.2, -0.15) is 5.10 Å². The second-order valence-electron chi connectivity index (χ2n) is 9.87. The SMILES string of the molecule is Fc1ccccc1-c1ccnc2[nH]c(-c3n[nH]c4ccc(-c5cncc(CN6CCCCC6)c5)cc34)nc12. The molecule has 2 aromatic carbocycles. The van der Waals surface area contributed by atoms with Crippen LogP contribution in [0.5, 0.6) is 0 Å². The Kier molecular flexibility index (Phi) is 5.66. The monoisotopic (exact) mass is 503 g/mol. The lowest BCUT2D eigenvalue weighted by Crippen LogP contribution is -2.29. The van der Waals surface area contributed by atoms with Crippen LogP contribution >= 0.6 is 0 Å². The number of hydrogen-bond donors (Lipinski definition) is 2. The maximum Gasteiger partial charge on any atom is 0.160 e. The molecule has 0 aliphatic carbocycles. The quantitative estimate of drug-likeness (QED) is 0.286. The molecule has 1 aliphatic heterocycles. The van der Waals surface area contributed by atoms with E-state index in [0.29, 0.717) is 33.8 Å². The summed E-state index contributed by atoms with van der Waals surface area (Å²) in [5.41, 5.74) is 7.33. The molecular weight excluding hydrogens is 477 g/mol.